The largest absolute Gasteiger partial charge is 0.462 e. The number of ether oxygens (including phenoxy) is 8. The summed E-state index contributed by atoms with van der Waals surface area (Å²) in [5, 5.41) is 0. The normalized spacial score (nSPS) is 42.9. The Morgan fingerprint density at radius 1 is 0.357 bits per heavy atom. The molecule has 2 unspecified atom stereocenters. The average Bonchev–Trinajstić information content (AvgIpc) is 4.03. The van der Waals surface area contributed by atoms with Gasteiger partial charge in [0.05, 0.1) is 72.5 Å². The van der Waals surface area contributed by atoms with Crippen molar-refractivity contribution in [3.63, 3.8) is 0 Å². The molecule has 0 N–H and O–H groups in total. The first kappa shape index (κ1) is 44.8. The topological polar surface area (TPSA) is 142 Å². The Morgan fingerprint density at radius 2 is 0.554 bits per heavy atom. The fourth-order valence-corrected chi connectivity index (χ4v) is 9.16. The highest BCUT2D eigenvalue weighted by atomic mass is 16.6. The Labute approximate surface area is 335 Å². The Morgan fingerprint density at radius 3 is 0.732 bits per heavy atom. The minimum absolute atomic E-state index is 0.116. The van der Waals surface area contributed by atoms with Gasteiger partial charge in [-0.15, -0.1) is 0 Å². The van der Waals surface area contributed by atoms with Crippen molar-refractivity contribution >= 4 is 23.9 Å². The van der Waals surface area contributed by atoms with Crippen LogP contribution < -0.4 is 0 Å². The molecule has 0 aromatic heterocycles. The smallest absolute Gasteiger partial charge is 0.311 e. The number of carbonyl (C=O) groups excluding carboxylic acids is 4. The van der Waals surface area contributed by atoms with E-state index in [1.807, 2.05) is 55.4 Å². The maximum Gasteiger partial charge on any atom is 0.311 e. The second-order valence-corrected chi connectivity index (χ2v) is 17.5. The van der Waals surface area contributed by atoms with Gasteiger partial charge in [0.25, 0.3) is 0 Å². The van der Waals surface area contributed by atoms with Gasteiger partial charge in [-0.1, -0.05) is 27.7 Å². The second kappa shape index (κ2) is 21.1. The molecule has 0 aliphatic carbocycles. The maximum absolute atomic E-state index is 13.4. The molecule has 12 nitrogen and oxygen atoms in total. The zero-order valence-electron chi connectivity index (χ0n) is 35.5. The van der Waals surface area contributed by atoms with Gasteiger partial charge in [0, 0.05) is 25.7 Å². The van der Waals surface area contributed by atoms with Crippen molar-refractivity contribution in [2.45, 2.75) is 231 Å². The summed E-state index contributed by atoms with van der Waals surface area (Å²) in [5.41, 5.74) is 0. The lowest BCUT2D eigenvalue weighted by atomic mass is 9.99. The number of hydrogen-bond acceptors (Lipinski definition) is 12. The van der Waals surface area contributed by atoms with Crippen molar-refractivity contribution in [1.29, 1.82) is 0 Å². The summed E-state index contributed by atoms with van der Waals surface area (Å²) in [4.78, 5) is 53.5. The molecule has 12 heteroatoms. The molecule has 16 atom stereocenters. The van der Waals surface area contributed by atoms with Gasteiger partial charge < -0.3 is 37.9 Å². The summed E-state index contributed by atoms with van der Waals surface area (Å²) in [7, 11) is 0. The molecule has 320 valence electrons. The molecule has 0 aromatic rings. The number of carbonyl (C=O) groups is 4. The van der Waals surface area contributed by atoms with Crippen molar-refractivity contribution in [3.8, 4) is 0 Å². The fraction of sp³-hybridized carbons (Fsp3) is 0.909. The van der Waals surface area contributed by atoms with Crippen molar-refractivity contribution in [3.05, 3.63) is 0 Å². The van der Waals surface area contributed by atoms with E-state index in [-0.39, 0.29) is 97.1 Å². The lowest BCUT2D eigenvalue weighted by molar-refractivity contribution is -0.162. The Hall–Kier alpha value is -2.28. The van der Waals surface area contributed by atoms with Crippen LogP contribution >= 0.6 is 0 Å². The number of hydrogen-bond donors (Lipinski definition) is 0. The van der Waals surface area contributed by atoms with E-state index in [1.165, 1.54) is 0 Å². The molecular formula is C44H72O12. The molecule has 5 aliphatic heterocycles. The monoisotopic (exact) mass is 793 g/mol. The molecule has 5 saturated heterocycles. The van der Waals surface area contributed by atoms with Crippen LogP contribution in [-0.4, -0.2) is 97.1 Å². The minimum atomic E-state index is -0.434. The second-order valence-electron chi connectivity index (χ2n) is 17.5. The first-order valence-corrected chi connectivity index (χ1v) is 22.3. The van der Waals surface area contributed by atoms with E-state index in [4.69, 9.17) is 37.9 Å². The van der Waals surface area contributed by atoms with Gasteiger partial charge >= 0.3 is 23.9 Å². The molecule has 8 bridgehead atoms. The van der Waals surface area contributed by atoms with E-state index in [0.717, 1.165) is 51.4 Å². The van der Waals surface area contributed by atoms with Gasteiger partial charge in [-0.3, -0.25) is 19.2 Å². The summed E-state index contributed by atoms with van der Waals surface area (Å²) in [5.74, 6) is -2.83. The standard InChI is InChI=1S/C44H72O12/c1-9-29-21-33-13-17-38(49-33)26(6)42(46)54-31(11-3)23-35-15-19-40(51-35)28(8)44(48)56-32(12-4)24-36-16-20-39(52-36)27(7)43(47)55-30(10-2)22-34-14-18-37(50-34)25(5)41(45)53-29/h25-40H,9-24H2,1-8H3/t25-,26+,27+,28-,29-,30+,31+,32-,33-,34+,35+,36?,37-,38+,39?,40-/m0/s1. The third-order valence-electron chi connectivity index (χ3n) is 13.3. The number of cyclic esters (lactones) is 4. The third-order valence-corrected chi connectivity index (χ3v) is 13.3. The van der Waals surface area contributed by atoms with E-state index in [2.05, 4.69) is 0 Å². The Kier molecular flexibility index (Phi) is 16.9. The molecule has 5 heterocycles. The molecule has 0 spiro atoms. The molecule has 0 aromatic carbocycles. The average molecular weight is 793 g/mol. The highest BCUT2D eigenvalue weighted by molar-refractivity contribution is 5.74. The zero-order valence-corrected chi connectivity index (χ0v) is 35.5. The summed E-state index contributed by atoms with van der Waals surface area (Å²) >= 11 is 0. The van der Waals surface area contributed by atoms with Gasteiger partial charge in [0.1, 0.15) is 24.4 Å². The summed E-state index contributed by atoms with van der Waals surface area (Å²) in [6.45, 7) is 15.5. The number of esters is 4. The van der Waals surface area contributed by atoms with Crippen molar-refractivity contribution in [2.24, 2.45) is 23.7 Å². The van der Waals surface area contributed by atoms with Crippen LogP contribution in [0.2, 0.25) is 0 Å². The number of fused-ring (bicyclic) bond motifs is 8. The van der Waals surface area contributed by atoms with E-state index in [1.54, 1.807) is 0 Å². The first-order chi connectivity index (χ1) is 26.8. The Balaban J connectivity index is 1.24. The van der Waals surface area contributed by atoms with Gasteiger partial charge in [0.15, 0.2) is 0 Å². The lowest BCUT2D eigenvalue weighted by Gasteiger charge is -2.27. The lowest BCUT2D eigenvalue weighted by Crippen LogP contribution is -2.35. The van der Waals surface area contributed by atoms with E-state index < -0.39 is 23.7 Å². The van der Waals surface area contributed by atoms with Crippen LogP contribution in [0.25, 0.3) is 0 Å². The van der Waals surface area contributed by atoms with Crippen molar-refractivity contribution in [1.82, 2.24) is 0 Å². The predicted octanol–water partition coefficient (Wildman–Crippen LogP) is 7.58. The predicted molar refractivity (Wildman–Crippen MR) is 207 cm³/mol. The van der Waals surface area contributed by atoms with E-state index in [9.17, 15) is 19.2 Å². The SMILES string of the molecule is CC[C@H]1C[C@@H]2CC[C@@H](O2)[C@@H](C)C(=O)O[C@H](CC)C[C@H]2CC[C@H](O2)[C@H](C)C(=O)O[C@@H](CC)CC2CCC(O2)[C@@H](C)C(=O)O[C@H](CC)C[C@H]2CC[C@H](O2)[C@H](C)C(=O)O1. The van der Waals surface area contributed by atoms with Crippen LogP contribution in [0.3, 0.4) is 0 Å². The minimum Gasteiger partial charge on any atom is -0.462 e. The van der Waals surface area contributed by atoms with Gasteiger partial charge in [-0.2, -0.15) is 0 Å². The molecule has 56 heavy (non-hydrogen) atoms. The molecule has 5 fully saturated rings. The quantitative estimate of drug-likeness (QED) is 0.205. The van der Waals surface area contributed by atoms with Crippen LogP contribution in [0.4, 0.5) is 0 Å². The third kappa shape index (κ3) is 11.9. The maximum atomic E-state index is 13.4. The summed E-state index contributed by atoms with van der Waals surface area (Å²) in [6, 6.07) is 0. The van der Waals surface area contributed by atoms with Crippen LogP contribution in [0.15, 0.2) is 0 Å². The summed E-state index contributed by atoms with van der Waals surface area (Å²) < 4.78 is 49.6. The zero-order chi connectivity index (χ0) is 40.5. The fourth-order valence-electron chi connectivity index (χ4n) is 9.16. The molecule has 5 rings (SSSR count). The molecule has 0 radical (unpaired) electrons. The van der Waals surface area contributed by atoms with Gasteiger partial charge in [-0.25, -0.2) is 0 Å². The van der Waals surface area contributed by atoms with Crippen LogP contribution in [0, 0.1) is 23.7 Å². The first-order valence-electron chi connectivity index (χ1n) is 22.3. The molecular weight excluding hydrogens is 720 g/mol. The highest BCUT2D eigenvalue weighted by Crippen LogP contribution is 2.35. The molecule has 0 saturated carbocycles. The van der Waals surface area contributed by atoms with Gasteiger partial charge in [-0.05, 0) is 105 Å². The van der Waals surface area contributed by atoms with Crippen LogP contribution in [0.1, 0.15) is 158 Å². The van der Waals surface area contributed by atoms with E-state index in [0.29, 0.717) is 51.4 Å². The number of rotatable bonds is 4. The molecule has 0 amide bonds. The summed E-state index contributed by atoms with van der Waals surface area (Å²) in [6.07, 6.45) is 8.23. The molecule has 5 aliphatic rings. The Bertz CT molecular complexity index is 1100. The highest BCUT2D eigenvalue weighted by Gasteiger charge is 2.41. The van der Waals surface area contributed by atoms with Crippen LogP contribution in [0.5, 0.6) is 0 Å². The van der Waals surface area contributed by atoms with Crippen molar-refractivity contribution < 1.29 is 57.1 Å². The van der Waals surface area contributed by atoms with Crippen LogP contribution in [-0.2, 0) is 57.1 Å². The van der Waals surface area contributed by atoms with Gasteiger partial charge in [0.2, 0.25) is 0 Å². The van der Waals surface area contributed by atoms with Crippen molar-refractivity contribution in [2.75, 3.05) is 0 Å². The van der Waals surface area contributed by atoms with E-state index >= 15 is 0 Å².